The summed E-state index contributed by atoms with van der Waals surface area (Å²) in [4.78, 5) is 8.95. The van der Waals surface area contributed by atoms with E-state index in [1.54, 1.807) is 0 Å². The van der Waals surface area contributed by atoms with Crippen molar-refractivity contribution in [3.8, 4) is 5.88 Å². The molecule has 0 atom stereocenters. The van der Waals surface area contributed by atoms with Crippen LogP contribution in [0.4, 0.5) is 5.82 Å². The molecule has 4 aromatic rings. The average molecular weight is 301 g/mol. The molecule has 2 N–H and O–H groups in total. The van der Waals surface area contributed by atoms with Crippen molar-refractivity contribution in [1.29, 1.82) is 0 Å². The number of hydrogen-bond donors (Lipinski definition) is 1. The Morgan fingerprint density at radius 1 is 0.783 bits per heavy atom. The van der Waals surface area contributed by atoms with E-state index in [-0.39, 0.29) is 0 Å². The molecule has 2 heterocycles. The first kappa shape index (κ1) is 13.5. The predicted molar refractivity (Wildman–Crippen MR) is 92.2 cm³/mol. The van der Waals surface area contributed by atoms with Crippen LogP contribution < -0.4 is 10.5 Å². The van der Waals surface area contributed by atoms with Crippen LogP contribution in [0.5, 0.6) is 5.88 Å². The SMILES string of the molecule is Nc1nc2ccccc2c2ccc(OCc3ccccc3)nc12. The summed E-state index contributed by atoms with van der Waals surface area (Å²) in [6.07, 6.45) is 0. The van der Waals surface area contributed by atoms with Gasteiger partial charge in [-0.3, -0.25) is 0 Å². The first-order valence-electron chi connectivity index (χ1n) is 7.43. The third-order valence-corrected chi connectivity index (χ3v) is 3.78. The monoisotopic (exact) mass is 301 g/mol. The van der Waals surface area contributed by atoms with Gasteiger partial charge in [-0.05, 0) is 17.7 Å². The summed E-state index contributed by atoms with van der Waals surface area (Å²) in [6, 6.07) is 21.8. The standard InChI is InChI=1S/C19H15N3O/c20-19-18-15(14-8-4-5-9-16(14)21-19)10-11-17(22-18)23-12-13-6-2-1-3-7-13/h1-11H,12H2,(H2,20,21). The molecule has 4 heteroatoms. The van der Waals surface area contributed by atoms with E-state index in [4.69, 9.17) is 10.5 Å². The van der Waals surface area contributed by atoms with Crippen molar-refractivity contribution in [3.05, 3.63) is 72.3 Å². The van der Waals surface area contributed by atoms with Crippen molar-refractivity contribution in [1.82, 2.24) is 9.97 Å². The summed E-state index contributed by atoms with van der Waals surface area (Å²) in [5, 5.41) is 2.03. The van der Waals surface area contributed by atoms with Crippen LogP contribution in [0, 0.1) is 0 Å². The van der Waals surface area contributed by atoms with Gasteiger partial charge in [0.1, 0.15) is 12.1 Å². The highest BCUT2D eigenvalue weighted by Gasteiger charge is 2.08. The van der Waals surface area contributed by atoms with Gasteiger partial charge in [0.05, 0.1) is 5.52 Å². The van der Waals surface area contributed by atoms with E-state index < -0.39 is 0 Å². The van der Waals surface area contributed by atoms with Crippen LogP contribution in [0.25, 0.3) is 21.8 Å². The minimum Gasteiger partial charge on any atom is -0.473 e. The second kappa shape index (κ2) is 5.57. The van der Waals surface area contributed by atoms with Crippen LogP contribution in [-0.2, 0) is 6.61 Å². The second-order valence-corrected chi connectivity index (χ2v) is 5.33. The lowest BCUT2D eigenvalue weighted by molar-refractivity contribution is 0.295. The van der Waals surface area contributed by atoms with E-state index in [2.05, 4.69) is 9.97 Å². The zero-order valence-electron chi connectivity index (χ0n) is 12.4. The van der Waals surface area contributed by atoms with Crippen LogP contribution in [0.2, 0.25) is 0 Å². The number of para-hydroxylation sites is 1. The van der Waals surface area contributed by atoms with Gasteiger partial charge in [-0.2, -0.15) is 0 Å². The first-order chi connectivity index (χ1) is 11.3. The molecule has 0 aliphatic heterocycles. The molecule has 2 aromatic carbocycles. The van der Waals surface area contributed by atoms with Gasteiger partial charge in [0.15, 0.2) is 5.82 Å². The highest BCUT2D eigenvalue weighted by atomic mass is 16.5. The molecule has 0 amide bonds. The van der Waals surface area contributed by atoms with E-state index in [0.717, 1.165) is 21.9 Å². The van der Waals surface area contributed by atoms with Crippen LogP contribution in [0.15, 0.2) is 66.7 Å². The number of anilines is 1. The first-order valence-corrected chi connectivity index (χ1v) is 7.43. The molecule has 2 aromatic heterocycles. The van der Waals surface area contributed by atoms with E-state index in [1.807, 2.05) is 66.7 Å². The molecule has 0 fully saturated rings. The van der Waals surface area contributed by atoms with Crippen molar-refractivity contribution < 1.29 is 4.74 Å². The molecule has 0 radical (unpaired) electrons. The Labute approximate surface area is 133 Å². The number of nitrogens with zero attached hydrogens (tertiary/aromatic N) is 2. The number of nitrogen functional groups attached to an aromatic ring is 1. The minimum atomic E-state index is 0.420. The number of ether oxygens (including phenoxy) is 1. The van der Waals surface area contributed by atoms with Crippen molar-refractivity contribution in [3.63, 3.8) is 0 Å². The second-order valence-electron chi connectivity index (χ2n) is 5.33. The molecule has 0 unspecified atom stereocenters. The molecular formula is C19H15N3O. The van der Waals surface area contributed by atoms with Gasteiger partial charge in [0.2, 0.25) is 5.88 Å². The summed E-state index contributed by atoms with van der Waals surface area (Å²) < 4.78 is 5.77. The molecule has 112 valence electrons. The number of aromatic nitrogens is 2. The lowest BCUT2D eigenvalue weighted by Crippen LogP contribution is -2.00. The maximum atomic E-state index is 6.07. The zero-order chi connectivity index (χ0) is 15.6. The molecule has 0 spiro atoms. The molecule has 4 nitrogen and oxygen atoms in total. The van der Waals surface area contributed by atoms with Gasteiger partial charge in [0, 0.05) is 16.8 Å². The van der Waals surface area contributed by atoms with E-state index >= 15 is 0 Å². The lowest BCUT2D eigenvalue weighted by atomic mass is 10.1. The van der Waals surface area contributed by atoms with E-state index in [9.17, 15) is 0 Å². The minimum absolute atomic E-state index is 0.420. The van der Waals surface area contributed by atoms with Gasteiger partial charge < -0.3 is 10.5 Å². The van der Waals surface area contributed by atoms with Gasteiger partial charge in [-0.1, -0.05) is 48.5 Å². The Morgan fingerprint density at radius 3 is 2.43 bits per heavy atom. The van der Waals surface area contributed by atoms with Crippen LogP contribution >= 0.6 is 0 Å². The maximum absolute atomic E-state index is 6.07. The van der Waals surface area contributed by atoms with Crippen molar-refractivity contribution in [2.75, 3.05) is 5.73 Å². The summed E-state index contributed by atoms with van der Waals surface area (Å²) >= 11 is 0. The molecule has 0 saturated carbocycles. The largest absolute Gasteiger partial charge is 0.473 e. The molecule has 0 aliphatic rings. The third kappa shape index (κ3) is 2.55. The lowest BCUT2D eigenvalue weighted by Gasteiger charge is -2.09. The Kier molecular flexibility index (Phi) is 3.27. The molecule has 0 saturated heterocycles. The topological polar surface area (TPSA) is 61.0 Å². The van der Waals surface area contributed by atoms with Gasteiger partial charge in [-0.25, -0.2) is 9.97 Å². The fourth-order valence-electron chi connectivity index (χ4n) is 2.65. The molecule has 0 bridgehead atoms. The number of nitrogens with two attached hydrogens (primary N) is 1. The van der Waals surface area contributed by atoms with Crippen molar-refractivity contribution in [2.24, 2.45) is 0 Å². The normalized spacial score (nSPS) is 11.0. The van der Waals surface area contributed by atoms with Gasteiger partial charge in [-0.15, -0.1) is 0 Å². The van der Waals surface area contributed by atoms with Crippen molar-refractivity contribution in [2.45, 2.75) is 6.61 Å². The number of pyridine rings is 2. The molecular weight excluding hydrogens is 286 g/mol. The third-order valence-electron chi connectivity index (χ3n) is 3.78. The average Bonchev–Trinajstić information content (AvgIpc) is 2.61. The van der Waals surface area contributed by atoms with Crippen LogP contribution in [-0.4, -0.2) is 9.97 Å². The van der Waals surface area contributed by atoms with Crippen molar-refractivity contribution >= 4 is 27.6 Å². The van der Waals surface area contributed by atoms with Gasteiger partial charge in [0.25, 0.3) is 0 Å². The highest BCUT2D eigenvalue weighted by molar-refractivity contribution is 6.08. The van der Waals surface area contributed by atoms with Crippen LogP contribution in [0.1, 0.15) is 5.56 Å². The fraction of sp³-hybridized carbons (Fsp3) is 0.0526. The number of fused-ring (bicyclic) bond motifs is 3. The number of benzene rings is 2. The van der Waals surface area contributed by atoms with E-state index in [0.29, 0.717) is 23.8 Å². The Bertz CT molecular complexity index is 984. The zero-order valence-corrected chi connectivity index (χ0v) is 12.4. The molecule has 4 rings (SSSR count). The summed E-state index contributed by atoms with van der Waals surface area (Å²) in [5.74, 6) is 0.967. The highest BCUT2D eigenvalue weighted by Crippen LogP contribution is 2.28. The van der Waals surface area contributed by atoms with E-state index in [1.165, 1.54) is 0 Å². The maximum Gasteiger partial charge on any atom is 0.214 e. The summed E-state index contributed by atoms with van der Waals surface area (Å²) in [7, 11) is 0. The van der Waals surface area contributed by atoms with Gasteiger partial charge >= 0.3 is 0 Å². The number of hydrogen-bond acceptors (Lipinski definition) is 4. The molecule has 23 heavy (non-hydrogen) atoms. The Hall–Kier alpha value is -3.14. The summed E-state index contributed by atoms with van der Waals surface area (Å²) in [6.45, 7) is 0.472. The predicted octanol–water partition coefficient (Wildman–Crippen LogP) is 3.94. The Balaban J connectivity index is 1.73. The molecule has 0 aliphatic carbocycles. The Morgan fingerprint density at radius 2 is 1.57 bits per heavy atom. The summed E-state index contributed by atoms with van der Waals surface area (Å²) in [5.41, 5.74) is 8.71. The smallest absolute Gasteiger partial charge is 0.214 e. The number of rotatable bonds is 3. The van der Waals surface area contributed by atoms with Crippen LogP contribution in [0.3, 0.4) is 0 Å². The quantitative estimate of drug-likeness (QED) is 0.582. The fourth-order valence-corrected chi connectivity index (χ4v) is 2.65.